The number of aliphatic hydroxyl groups is 2. The lowest BCUT2D eigenvalue weighted by Crippen LogP contribution is -2.31. The number of thioether (sulfide) groups is 1. The van der Waals surface area contributed by atoms with Gasteiger partial charge in [-0.1, -0.05) is 90.4 Å². The van der Waals surface area contributed by atoms with Gasteiger partial charge in [-0.05, 0) is 30.9 Å². The van der Waals surface area contributed by atoms with Gasteiger partial charge in [0.25, 0.3) is 0 Å². The molecular weight excluding hydrogens is 354 g/mol. The molecule has 0 aromatic heterocycles. The van der Waals surface area contributed by atoms with E-state index in [4.69, 9.17) is 10.2 Å². The molecule has 0 atom stereocenters. The fraction of sp³-hybridized carbons (Fsp3) is 1.00. The van der Waals surface area contributed by atoms with Crippen LogP contribution < -0.4 is 0 Å². The third-order valence-electron chi connectivity index (χ3n) is 5.24. The van der Waals surface area contributed by atoms with E-state index in [2.05, 4.69) is 23.6 Å². The number of hydrogen-bond acceptors (Lipinski definition) is 4. The zero-order valence-corrected chi connectivity index (χ0v) is 19.1. The molecule has 0 unspecified atom stereocenters. The molecule has 0 fully saturated rings. The van der Waals surface area contributed by atoms with Crippen LogP contribution in [0.15, 0.2) is 0 Å². The highest BCUT2D eigenvalue weighted by molar-refractivity contribution is 7.99. The van der Waals surface area contributed by atoms with Crippen LogP contribution >= 0.6 is 11.8 Å². The number of aliphatic hydroxyl groups excluding tert-OH is 2. The molecule has 0 amide bonds. The van der Waals surface area contributed by atoms with Crippen molar-refractivity contribution >= 4 is 11.8 Å². The number of unbranched alkanes of at least 4 members (excludes halogenated alkanes) is 13. The third kappa shape index (κ3) is 22.4. The van der Waals surface area contributed by atoms with Gasteiger partial charge in [0.1, 0.15) is 0 Å². The van der Waals surface area contributed by atoms with Gasteiger partial charge in [-0.15, -0.1) is 0 Å². The molecule has 164 valence electrons. The molecule has 0 aromatic rings. The van der Waals surface area contributed by atoms with E-state index in [-0.39, 0.29) is 13.2 Å². The SMILES string of the molecule is CCCCCCCCCCCCCCCCSCCCN(CCO)CCO. The predicted octanol–water partition coefficient (Wildman–Crippen LogP) is 5.88. The first kappa shape index (κ1) is 27.2. The van der Waals surface area contributed by atoms with Gasteiger partial charge >= 0.3 is 0 Å². The summed E-state index contributed by atoms with van der Waals surface area (Å²) < 4.78 is 0. The van der Waals surface area contributed by atoms with E-state index in [0.717, 1.165) is 13.0 Å². The van der Waals surface area contributed by atoms with E-state index in [1.165, 1.54) is 101 Å². The van der Waals surface area contributed by atoms with E-state index in [0.29, 0.717) is 13.1 Å². The summed E-state index contributed by atoms with van der Waals surface area (Å²) in [7, 11) is 0. The number of nitrogens with zero attached hydrogens (tertiary/aromatic N) is 1. The van der Waals surface area contributed by atoms with Crippen LogP contribution in [0.2, 0.25) is 0 Å². The van der Waals surface area contributed by atoms with Gasteiger partial charge in [-0.3, -0.25) is 4.90 Å². The maximum Gasteiger partial charge on any atom is 0.0558 e. The molecule has 0 rings (SSSR count). The molecule has 0 bridgehead atoms. The van der Waals surface area contributed by atoms with Gasteiger partial charge in [0.05, 0.1) is 13.2 Å². The van der Waals surface area contributed by atoms with Crippen molar-refractivity contribution in [2.45, 2.75) is 103 Å². The second kappa shape index (κ2) is 24.3. The maximum absolute atomic E-state index is 8.99. The largest absolute Gasteiger partial charge is 0.395 e. The minimum absolute atomic E-state index is 0.187. The Hall–Kier alpha value is 0.230. The molecule has 2 N–H and O–H groups in total. The number of hydrogen-bond donors (Lipinski definition) is 2. The average Bonchev–Trinajstić information content (AvgIpc) is 2.67. The van der Waals surface area contributed by atoms with Crippen LogP contribution in [0.3, 0.4) is 0 Å². The zero-order valence-electron chi connectivity index (χ0n) is 18.3. The van der Waals surface area contributed by atoms with Crippen LogP contribution in [0.4, 0.5) is 0 Å². The minimum Gasteiger partial charge on any atom is -0.395 e. The van der Waals surface area contributed by atoms with E-state index in [9.17, 15) is 0 Å². The molecule has 0 saturated carbocycles. The molecule has 3 nitrogen and oxygen atoms in total. The molecule has 0 heterocycles. The first-order valence-corrected chi connectivity index (χ1v) is 13.0. The van der Waals surface area contributed by atoms with Gasteiger partial charge in [0, 0.05) is 13.1 Å². The van der Waals surface area contributed by atoms with Crippen molar-refractivity contribution in [3.8, 4) is 0 Å². The number of rotatable bonds is 23. The van der Waals surface area contributed by atoms with Crippen molar-refractivity contribution in [2.24, 2.45) is 0 Å². The predicted molar refractivity (Wildman–Crippen MR) is 123 cm³/mol. The lowest BCUT2D eigenvalue weighted by molar-refractivity contribution is 0.161. The standard InChI is InChI=1S/C23H49NO2S/c1-2-3-4-5-6-7-8-9-10-11-12-13-14-15-22-27-23-16-17-24(18-20-25)19-21-26/h25-26H,2-23H2,1H3. The second-order valence-corrected chi connectivity index (χ2v) is 9.08. The molecule has 0 aliphatic heterocycles. The first-order chi connectivity index (χ1) is 13.3. The topological polar surface area (TPSA) is 43.7 Å². The highest BCUT2D eigenvalue weighted by Gasteiger charge is 2.02. The smallest absolute Gasteiger partial charge is 0.0558 e. The third-order valence-corrected chi connectivity index (χ3v) is 6.39. The summed E-state index contributed by atoms with van der Waals surface area (Å²) in [5, 5.41) is 18.0. The average molecular weight is 404 g/mol. The highest BCUT2D eigenvalue weighted by Crippen LogP contribution is 2.14. The van der Waals surface area contributed by atoms with Gasteiger partial charge in [-0.2, -0.15) is 11.8 Å². The van der Waals surface area contributed by atoms with E-state index in [1.54, 1.807) is 0 Å². The van der Waals surface area contributed by atoms with Crippen LogP contribution in [-0.4, -0.2) is 59.5 Å². The summed E-state index contributed by atoms with van der Waals surface area (Å²) in [5.41, 5.74) is 0. The zero-order chi connectivity index (χ0) is 19.8. The van der Waals surface area contributed by atoms with Gasteiger partial charge < -0.3 is 10.2 Å². The normalized spacial score (nSPS) is 11.6. The molecule has 0 radical (unpaired) electrons. The van der Waals surface area contributed by atoms with E-state index >= 15 is 0 Å². The Morgan fingerprint density at radius 1 is 0.519 bits per heavy atom. The van der Waals surface area contributed by atoms with E-state index in [1.807, 2.05) is 0 Å². The van der Waals surface area contributed by atoms with Crippen molar-refractivity contribution in [3.05, 3.63) is 0 Å². The fourth-order valence-corrected chi connectivity index (χ4v) is 4.45. The maximum atomic E-state index is 8.99. The summed E-state index contributed by atoms with van der Waals surface area (Å²) in [5.74, 6) is 2.49. The Bertz CT molecular complexity index is 261. The lowest BCUT2D eigenvalue weighted by atomic mass is 10.0. The van der Waals surface area contributed by atoms with Crippen molar-refractivity contribution < 1.29 is 10.2 Å². The summed E-state index contributed by atoms with van der Waals surface area (Å²) in [6.07, 6.45) is 21.1. The fourth-order valence-electron chi connectivity index (χ4n) is 3.51. The van der Waals surface area contributed by atoms with Crippen molar-refractivity contribution in [1.82, 2.24) is 4.90 Å². The monoisotopic (exact) mass is 403 g/mol. The Morgan fingerprint density at radius 2 is 0.926 bits per heavy atom. The molecule has 0 spiro atoms. The molecule has 0 aliphatic carbocycles. The Labute approximate surface area is 174 Å². The van der Waals surface area contributed by atoms with E-state index < -0.39 is 0 Å². The van der Waals surface area contributed by atoms with Gasteiger partial charge in [0.15, 0.2) is 0 Å². The summed E-state index contributed by atoms with van der Waals surface area (Å²) in [6, 6.07) is 0. The molecular formula is C23H49NO2S. The molecule has 0 saturated heterocycles. The van der Waals surface area contributed by atoms with Crippen LogP contribution in [-0.2, 0) is 0 Å². The summed E-state index contributed by atoms with van der Waals surface area (Å²) in [4.78, 5) is 2.15. The molecule has 4 heteroatoms. The Morgan fingerprint density at radius 3 is 1.37 bits per heavy atom. The van der Waals surface area contributed by atoms with Crippen LogP contribution in [0, 0.1) is 0 Å². The van der Waals surface area contributed by atoms with Gasteiger partial charge in [0.2, 0.25) is 0 Å². The first-order valence-electron chi connectivity index (χ1n) is 11.9. The summed E-state index contributed by atoms with van der Waals surface area (Å²) in [6.45, 7) is 5.02. The van der Waals surface area contributed by atoms with Crippen molar-refractivity contribution in [3.63, 3.8) is 0 Å². The summed E-state index contributed by atoms with van der Waals surface area (Å²) >= 11 is 2.06. The van der Waals surface area contributed by atoms with Crippen LogP contribution in [0.1, 0.15) is 103 Å². The minimum atomic E-state index is 0.187. The molecule has 27 heavy (non-hydrogen) atoms. The van der Waals surface area contributed by atoms with Crippen molar-refractivity contribution in [1.29, 1.82) is 0 Å². The van der Waals surface area contributed by atoms with Crippen LogP contribution in [0.5, 0.6) is 0 Å². The second-order valence-electron chi connectivity index (χ2n) is 7.85. The van der Waals surface area contributed by atoms with Crippen molar-refractivity contribution in [2.75, 3.05) is 44.4 Å². The quantitative estimate of drug-likeness (QED) is 0.209. The molecule has 0 aromatic carbocycles. The highest BCUT2D eigenvalue weighted by atomic mass is 32.2. The molecule has 0 aliphatic rings. The Balaban J connectivity index is 3.12. The van der Waals surface area contributed by atoms with Crippen LogP contribution in [0.25, 0.3) is 0 Å². The van der Waals surface area contributed by atoms with Gasteiger partial charge in [-0.25, -0.2) is 0 Å². The lowest BCUT2D eigenvalue weighted by Gasteiger charge is -2.19. The Kier molecular flexibility index (Phi) is 24.5.